The van der Waals surface area contributed by atoms with Crippen LogP contribution in [0.4, 0.5) is 16.0 Å². The van der Waals surface area contributed by atoms with E-state index < -0.39 is 0 Å². The quantitative estimate of drug-likeness (QED) is 0.853. The largest absolute Gasteiger partial charge is 0.353 e. The lowest BCUT2D eigenvalue weighted by Gasteiger charge is -2.36. The van der Waals surface area contributed by atoms with E-state index in [0.29, 0.717) is 31.0 Å². The Morgan fingerprint density at radius 3 is 2.24 bits per heavy atom. The van der Waals surface area contributed by atoms with Crippen molar-refractivity contribution in [3.05, 3.63) is 35.9 Å². The van der Waals surface area contributed by atoms with Crippen molar-refractivity contribution in [1.29, 1.82) is 0 Å². The summed E-state index contributed by atoms with van der Waals surface area (Å²) in [5, 5.41) is 0. The monoisotopic (exact) mass is 344 g/mol. The van der Waals surface area contributed by atoms with Crippen molar-refractivity contribution in [2.45, 2.75) is 39.5 Å². The molecule has 0 aromatic carbocycles. The van der Waals surface area contributed by atoms with Gasteiger partial charge in [0.05, 0.1) is 11.4 Å². The van der Waals surface area contributed by atoms with Crippen molar-refractivity contribution in [1.82, 2.24) is 19.9 Å². The van der Waals surface area contributed by atoms with Gasteiger partial charge in [0.25, 0.3) is 0 Å². The van der Waals surface area contributed by atoms with E-state index in [-0.39, 0.29) is 11.2 Å². The van der Waals surface area contributed by atoms with Crippen molar-refractivity contribution in [3.63, 3.8) is 0 Å². The van der Waals surface area contributed by atoms with Crippen LogP contribution in [0.2, 0.25) is 0 Å². The lowest BCUT2D eigenvalue weighted by molar-refractivity contribution is 0.559. The van der Waals surface area contributed by atoms with Gasteiger partial charge in [-0.05, 0) is 6.42 Å². The summed E-state index contributed by atoms with van der Waals surface area (Å²) in [4.78, 5) is 21.2. The Morgan fingerprint density at radius 1 is 0.960 bits per heavy atom. The summed E-state index contributed by atoms with van der Waals surface area (Å²) in [7, 11) is 0. The minimum absolute atomic E-state index is 0.0137. The molecule has 0 unspecified atom stereocenters. The van der Waals surface area contributed by atoms with Crippen LogP contribution in [0.15, 0.2) is 18.7 Å². The number of nitrogens with zero attached hydrogens (tertiary/aromatic N) is 6. The summed E-state index contributed by atoms with van der Waals surface area (Å²) < 4.78 is 14.5. The second-order valence-electron chi connectivity index (χ2n) is 7.30. The molecule has 2 aromatic rings. The van der Waals surface area contributed by atoms with E-state index in [4.69, 9.17) is 0 Å². The molecule has 1 aliphatic heterocycles. The molecule has 134 valence electrons. The first-order valence-corrected chi connectivity index (χ1v) is 8.72. The van der Waals surface area contributed by atoms with Crippen molar-refractivity contribution < 1.29 is 4.39 Å². The Bertz CT molecular complexity index is 735. The van der Waals surface area contributed by atoms with Crippen LogP contribution in [-0.4, -0.2) is 46.1 Å². The Hall–Kier alpha value is -2.31. The van der Waals surface area contributed by atoms with Crippen molar-refractivity contribution >= 4 is 11.6 Å². The van der Waals surface area contributed by atoms with Crippen molar-refractivity contribution in [2.75, 3.05) is 36.0 Å². The molecule has 2 aromatic heterocycles. The number of aromatic nitrogens is 4. The number of anilines is 2. The van der Waals surface area contributed by atoms with E-state index in [0.717, 1.165) is 24.6 Å². The molecule has 0 N–H and O–H groups in total. The van der Waals surface area contributed by atoms with Crippen molar-refractivity contribution in [2.24, 2.45) is 0 Å². The van der Waals surface area contributed by atoms with Crippen LogP contribution in [0, 0.1) is 5.82 Å². The molecule has 0 radical (unpaired) electrons. The maximum Gasteiger partial charge on any atom is 0.187 e. The highest BCUT2D eigenvalue weighted by atomic mass is 19.1. The number of halogens is 1. The zero-order chi connectivity index (χ0) is 18.0. The Labute approximate surface area is 148 Å². The van der Waals surface area contributed by atoms with Crippen LogP contribution < -0.4 is 9.80 Å². The van der Waals surface area contributed by atoms with Gasteiger partial charge in [-0.3, -0.25) is 0 Å². The van der Waals surface area contributed by atoms with Gasteiger partial charge in [-0.2, -0.15) is 0 Å². The van der Waals surface area contributed by atoms with Gasteiger partial charge in [0.15, 0.2) is 11.6 Å². The molecule has 0 amide bonds. The molecular weight excluding hydrogens is 319 g/mol. The fourth-order valence-electron chi connectivity index (χ4n) is 2.94. The minimum atomic E-state index is -0.296. The third kappa shape index (κ3) is 3.70. The molecule has 0 saturated carbocycles. The maximum atomic E-state index is 14.5. The molecule has 25 heavy (non-hydrogen) atoms. The Kier molecular flexibility index (Phi) is 4.83. The number of rotatable bonds is 3. The SMILES string of the molecule is CCc1ncnc(N2CCN(c3cc(C(C)(C)C)ncn3)CC2)c1F. The highest BCUT2D eigenvalue weighted by Gasteiger charge is 2.24. The normalized spacial score (nSPS) is 15.6. The standard InChI is InChI=1S/C18H25FN6/c1-5-13-16(19)17(23-11-20-13)25-8-6-24(7-9-25)15-10-14(18(2,3)4)21-12-22-15/h10-12H,5-9H2,1-4H3. The molecule has 3 rings (SSSR count). The summed E-state index contributed by atoms with van der Waals surface area (Å²) in [5.74, 6) is 1.04. The highest BCUT2D eigenvalue weighted by molar-refractivity contribution is 5.46. The molecule has 1 fully saturated rings. The number of aryl methyl sites for hydroxylation is 1. The summed E-state index contributed by atoms with van der Waals surface area (Å²) in [6.45, 7) is 11.3. The van der Waals surface area contributed by atoms with Gasteiger partial charge in [0.1, 0.15) is 18.5 Å². The second kappa shape index (κ2) is 6.90. The molecule has 7 heteroatoms. The van der Waals surface area contributed by atoms with Gasteiger partial charge in [-0.15, -0.1) is 0 Å². The maximum absolute atomic E-state index is 14.5. The van der Waals surface area contributed by atoms with Crippen LogP contribution in [0.25, 0.3) is 0 Å². The third-order valence-electron chi connectivity index (χ3n) is 4.50. The first-order valence-electron chi connectivity index (χ1n) is 8.72. The van der Waals surface area contributed by atoms with E-state index in [2.05, 4.69) is 51.7 Å². The van der Waals surface area contributed by atoms with Crippen LogP contribution in [0.5, 0.6) is 0 Å². The predicted octanol–water partition coefficient (Wildman–Crippen LogP) is 2.59. The topological polar surface area (TPSA) is 58.0 Å². The molecular formula is C18H25FN6. The van der Waals surface area contributed by atoms with Crippen LogP contribution in [0.3, 0.4) is 0 Å². The highest BCUT2D eigenvalue weighted by Crippen LogP contribution is 2.25. The second-order valence-corrected chi connectivity index (χ2v) is 7.30. The number of hydrogen-bond acceptors (Lipinski definition) is 6. The molecule has 3 heterocycles. The number of hydrogen-bond donors (Lipinski definition) is 0. The van der Waals surface area contributed by atoms with E-state index in [1.54, 1.807) is 6.33 Å². The van der Waals surface area contributed by atoms with E-state index in [1.807, 2.05) is 11.8 Å². The van der Waals surface area contributed by atoms with Crippen LogP contribution in [-0.2, 0) is 11.8 Å². The first kappa shape index (κ1) is 17.5. The summed E-state index contributed by atoms with van der Waals surface area (Å²) in [6.07, 6.45) is 3.64. The predicted molar refractivity (Wildman–Crippen MR) is 96.5 cm³/mol. The summed E-state index contributed by atoms with van der Waals surface area (Å²) in [5.41, 5.74) is 1.48. The van der Waals surface area contributed by atoms with Gasteiger partial charge in [-0.1, -0.05) is 27.7 Å². The number of piperazine rings is 1. The fraction of sp³-hybridized carbons (Fsp3) is 0.556. The average Bonchev–Trinajstić information content (AvgIpc) is 2.61. The molecule has 0 aliphatic carbocycles. The summed E-state index contributed by atoms with van der Waals surface area (Å²) in [6, 6.07) is 2.05. The van der Waals surface area contributed by atoms with Gasteiger partial charge >= 0.3 is 0 Å². The molecule has 1 saturated heterocycles. The van der Waals surface area contributed by atoms with E-state index in [1.165, 1.54) is 6.33 Å². The minimum Gasteiger partial charge on any atom is -0.353 e. The van der Waals surface area contributed by atoms with Crippen LogP contribution in [0.1, 0.15) is 39.1 Å². The summed E-state index contributed by atoms with van der Waals surface area (Å²) >= 11 is 0. The van der Waals surface area contributed by atoms with Crippen molar-refractivity contribution in [3.8, 4) is 0 Å². The first-order chi connectivity index (χ1) is 11.9. The molecule has 0 spiro atoms. The Morgan fingerprint density at radius 2 is 1.60 bits per heavy atom. The average molecular weight is 344 g/mol. The Balaban J connectivity index is 1.72. The lowest BCUT2D eigenvalue weighted by atomic mass is 9.92. The fourth-order valence-corrected chi connectivity index (χ4v) is 2.94. The van der Waals surface area contributed by atoms with Crippen LogP contribution >= 0.6 is 0 Å². The molecule has 0 atom stereocenters. The van der Waals surface area contributed by atoms with Gasteiger partial charge < -0.3 is 9.80 Å². The lowest BCUT2D eigenvalue weighted by Crippen LogP contribution is -2.47. The third-order valence-corrected chi connectivity index (χ3v) is 4.50. The molecule has 0 bridgehead atoms. The van der Waals surface area contributed by atoms with Gasteiger partial charge in [-0.25, -0.2) is 24.3 Å². The smallest absolute Gasteiger partial charge is 0.187 e. The zero-order valence-corrected chi connectivity index (χ0v) is 15.3. The van der Waals surface area contributed by atoms with Gasteiger partial charge in [0.2, 0.25) is 0 Å². The zero-order valence-electron chi connectivity index (χ0n) is 15.3. The van der Waals surface area contributed by atoms with E-state index >= 15 is 0 Å². The molecule has 6 nitrogen and oxygen atoms in total. The molecule has 1 aliphatic rings. The van der Waals surface area contributed by atoms with E-state index in [9.17, 15) is 4.39 Å². The van der Waals surface area contributed by atoms with Gasteiger partial charge in [0, 0.05) is 37.7 Å².